The first-order chi connectivity index (χ1) is 14.0. The van der Waals surface area contributed by atoms with Crippen LogP contribution in [0.15, 0.2) is 65.8 Å². The highest BCUT2D eigenvalue weighted by atomic mass is 32.2. The van der Waals surface area contributed by atoms with Crippen molar-refractivity contribution in [2.24, 2.45) is 0 Å². The number of aromatic nitrogens is 4. The van der Waals surface area contributed by atoms with Gasteiger partial charge in [-0.2, -0.15) is 0 Å². The molecule has 7 nitrogen and oxygen atoms in total. The van der Waals surface area contributed by atoms with Crippen LogP contribution in [0.2, 0.25) is 0 Å². The van der Waals surface area contributed by atoms with E-state index in [-0.39, 0.29) is 17.7 Å². The summed E-state index contributed by atoms with van der Waals surface area (Å²) in [5.41, 5.74) is 2.67. The van der Waals surface area contributed by atoms with Gasteiger partial charge in [-0.3, -0.25) is 4.79 Å². The van der Waals surface area contributed by atoms with E-state index >= 15 is 0 Å². The molecule has 29 heavy (non-hydrogen) atoms. The highest BCUT2D eigenvalue weighted by molar-refractivity contribution is 7.99. The summed E-state index contributed by atoms with van der Waals surface area (Å²) in [5, 5.41) is 9.94. The van der Waals surface area contributed by atoms with Crippen LogP contribution in [0.3, 0.4) is 0 Å². The fourth-order valence-corrected chi connectivity index (χ4v) is 3.98. The molecule has 3 N–H and O–H groups in total. The van der Waals surface area contributed by atoms with E-state index in [2.05, 4.69) is 15.2 Å². The van der Waals surface area contributed by atoms with Crippen LogP contribution in [0.1, 0.15) is 13.8 Å². The molecule has 4 rings (SSSR count). The Kier molecular flexibility index (Phi) is 5.26. The zero-order valence-corrected chi connectivity index (χ0v) is 17.1. The first-order valence-corrected chi connectivity index (χ1v) is 10.3. The normalized spacial score (nSPS) is 11.3. The summed E-state index contributed by atoms with van der Waals surface area (Å²) >= 11 is 1.28. The van der Waals surface area contributed by atoms with E-state index in [0.29, 0.717) is 11.0 Å². The number of para-hydroxylation sites is 2. The van der Waals surface area contributed by atoms with Crippen LogP contribution in [-0.2, 0) is 4.79 Å². The number of rotatable bonds is 6. The fourth-order valence-electron chi connectivity index (χ4n) is 3.27. The Morgan fingerprint density at radius 2 is 1.86 bits per heavy atom. The van der Waals surface area contributed by atoms with Gasteiger partial charge in [-0.15, -0.1) is 10.2 Å². The Morgan fingerprint density at radius 1 is 1.14 bits per heavy atom. The Bertz CT molecular complexity index is 1100. The maximum atomic E-state index is 12.9. The molecule has 0 bridgehead atoms. The van der Waals surface area contributed by atoms with Gasteiger partial charge in [0.25, 0.3) is 0 Å². The molecule has 0 fully saturated rings. The van der Waals surface area contributed by atoms with Gasteiger partial charge in [0.2, 0.25) is 11.1 Å². The monoisotopic (exact) mass is 406 g/mol. The minimum absolute atomic E-state index is 0.00800. The zero-order chi connectivity index (χ0) is 20.4. The third-order valence-corrected chi connectivity index (χ3v) is 5.51. The third kappa shape index (κ3) is 3.84. The van der Waals surface area contributed by atoms with Crippen molar-refractivity contribution >= 4 is 34.3 Å². The Hall–Kier alpha value is -3.26. The largest absolute Gasteiger partial charge is 0.352 e. The molecule has 2 heterocycles. The van der Waals surface area contributed by atoms with Gasteiger partial charge < -0.3 is 15.7 Å². The summed E-state index contributed by atoms with van der Waals surface area (Å²) in [7, 11) is 0. The van der Waals surface area contributed by atoms with Crippen molar-refractivity contribution in [3.63, 3.8) is 0 Å². The number of nitrogen functional groups attached to an aromatic ring is 1. The SMILES string of the molecule is CC(C)N(C(=O)CSc1nnc(-c2cc3ccccc3[nH]2)n1N)c1ccccc1. The Balaban J connectivity index is 1.51. The van der Waals surface area contributed by atoms with E-state index in [1.54, 1.807) is 4.90 Å². The van der Waals surface area contributed by atoms with Gasteiger partial charge in [0.15, 0.2) is 5.82 Å². The molecule has 8 heteroatoms. The number of hydrogen-bond acceptors (Lipinski definition) is 5. The number of anilines is 1. The number of carbonyl (C=O) groups is 1. The number of nitrogens with one attached hydrogen (secondary N) is 1. The molecule has 0 saturated carbocycles. The molecule has 2 aromatic carbocycles. The number of nitrogens with two attached hydrogens (primary N) is 1. The van der Waals surface area contributed by atoms with Crippen LogP contribution in [0.25, 0.3) is 22.4 Å². The molecule has 0 unspecified atom stereocenters. The number of aromatic amines is 1. The number of thioether (sulfide) groups is 1. The number of H-pyrrole nitrogens is 1. The lowest BCUT2D eigenvalue weighted by Gasteiger charge is -2.26. The van der Waals surface area contributed by atoms with E-state index in [9.17, 15) is 4.79 Å². The molecule has 1 amide bonds. The molecule has 0 saturated heterocycles. The molecule has 0 aliphatic carbocycles. The number of carbonyl (C=O) groups excluding carboxylic acids is 1. The summed E-state index contributed by atoms with van der Waals surface area (Å²) in [6, 6.07) is 19.6. The van der Waals surface area contributed by atoms with Crippen molar-refractivity contribution in [2.45, 2.75) is 25.0 Å². The summed E-state index contributed by atoms with van der Waals surface area (Å²) in [6.07, 6.45) is 0. The highest BCUT2D eigenvalue weighted by Crippen LogP contribution is 2.25. The van der Waals surface area contributed by atoms with Gasteiger partial charge in [0.05, 0.1) is 11.4 Å². The quantitative estimate of drug-likeness (QED) is 0.376. The Labute approximate surface area is 172 Å². The Morgan fingerprint density at radius 3 is 2.59 bits per heavy atom. The zero-order valence-electron chi connectivity index (χ0n) is 16.2. The van der Waals surface area contributed by atoms with E-state index in [4.69, 9.17) is 5.84 Å². The van der Waals surface area contributed by atoms with Crippen LogP contribution in [0.5, 0.6) is 0 Å². The first kappa shape index (κ1) is 19.1. The van der Waals surface area contributed by atoms with Crippen LogP contribution in [0, 0.1) is 0 Å². The summed E-state index contributed by atoms with van der Waals surface area (Å²) in [6.45, 7) is 3.99. The van der Waals surface area contributed by atoms with Gasteiger partial charge in [0.1, 0.15) is 0 Å². The van der Waals surface area contributed by atoms with Crippen molar-refractivity contribution in [3.05, 3.63) is 60.7 Å². The van der Waals surface area contributed by atoms with Crippen LogP contribution >= 0.6 is 11.8 Å². The van der Waals surface area contributed by atoms with Crippen LogP contribution < -0.4 is 10.7 Å². The van der Waals surface area contributed by atoms with E-state index in [1.807, 2.05) is 74.5 Å². The highest BCUT2D eigenvalue weighted by Gasteiger charge is 2.21. The summed E-state index contributed by atoms with van der Waals surface area (Å²) in [5.74, 6) is 6.95. The second-order valence-electron chi connectivity index (χ2n) is 6.93. The molecule has 0 atom stereocenters. The molecule has 0 aliphatic heterocycles. The summed E-state index contributed by atoms with van der Waals surface area (Å²) < 4.78 is 1.42. The number of fused-ring (bicyclic) bond motifs is 1. The van der Waals surface area contributed by atoms with Gasteiger partial charge in [-0.1, -0.05) is 48.2 Å². The molecule has 0 radical (unpaired) electrons. The maximum Gasteiger partial charge on any atom is 0.237 e. The predicted octanol–water partition coefficient (Wildman–Crippen LogP) is 3.67. The molecule has 148 valence electrons. The minimum atomic E-state index is -0.00800. The van der Waals surface area contributed by atoms with Gasteiger partial charge in [0, 0.05) is 22.6 Å². The van der Waals surface area contributed by atoms with Gasteiger partial charge in [-0.25, -0.2) is 4.68 Å². The summed E-state index contributed by atoms with van der Waals surface area (Å²) in [4.78, 5) is 17.9. The molecule has 2 aromatic heterocycles. The topological polar surface area (TPSA) is 92.8 Å². The molecule has 4 aromatic rings. The molecule has 0 spiro atoms. The number of amides is 1. The second-order valence-corrected chi connectivity index (χ2v) is 7.87. The van der Waals surface area contributed by atoms with Crippen molar-refractivity contribution in [2.75, 3.05) is 16.5 Å². The van der Waals surface area contributed by atoms with Crippen LogP contribution in [0.4, 0.5) is 5.69 Å². The van der Waals surface area contributed by atoms with E-state index in [0.717, 1.165) is 22.3 Å². The van der Waals surface area contributed by atoms with Crippen LogP contribution in [-0.4, -0.2) is 37.6 Å². The smallest absolute Gasteiger partial charge is 0.237 e. The average Bonchev–Trinajstić information content (AvgIpc) is 3.30. The van der Waals surface area contributed by atoms with Gasteiger partial charge >= 0.3 is 0 Å². The van der Waals surface area contributed by atoms with E-state index in [1.165, 1.54) is 16.4 Å². The predicted molar refractivity (Wildman–Crippen MR) is 117 cm³/mol. The second kappa shape index (κ2) is 8.00. The molecular weight excluding hydrogens is 384 g/mol. The van der Waals surface area contributed by atoms with Crippen molar-refractivity contribution in [1.82, 2.24) is 19.9 Å². The lowest BCUT2D eigenvalue weighted by Crippen LogP contribution is -2.38. The standard InChI is InChI=1S/C21H22N6OS/c1-14(2)26(16-9-4-3-5-10-16)19(28)13-29-21-25-24-20(27(21)22)18-12-15-8-6-7-11-17(15)23-18/h3-12,14,23H,13,22H2,1-2H3. The molecule has 0 aliphatic rings. The van der Waals surface area contributed by atoms with Crippen molar-refractivity contribution in [1.29, 1.82) is 0 Å². The van der Waals surface area contributed by atoms with Crippen molar-refractivity contribution < 1.29 is 4.79 Å². The van der Waals surface area contributed by atoms with Crippen molar-refractivity contribution in [3.8, 4) is 11.5 Å². The van der Waals surface area contributed by atoms with Gasteiger partial charge in [-0.05, 0) is 38.1 Å². The lowest BCUT2D eigenvalue weighted by molar-refractivity contribution is -0.116. The lowest BCUT2D eigenvalue weighted by atomic mass is 10.2. The third-order valence-electron chi connectivity index (χ3n) is 4.58. The first-order valence-electron chi connectivity index (χ1n) is 9.33. The number of hydrogen-bond donors (Lipinski definition) is 2. The maximum absolute atomic E-state index is 12.9. The molecular formula is C21H22N6OS. The number of nitrogens with zero attached hydrogens (tertiary/aromatic N) is 4. The van der Waals surface area contributed by atoms with E-state index < -0.39 is 0 Å². The average molecular weight is 407 g/mol. The number of benzene rings is 2. The fraction of sp³-hybridized carbons (Fsp3) is 0.190. The minimum Gasteiger partial charge on any atom is -0.352 e.